The van der Waals surface area contributed by atoms with Crippen LogP contribution in [0.4, 0.5) is 0 Å². The van der Waals surface area contributed by atoms with Crippen molar-refractivity contribution in [1.29, 1.82) is 0 Å². The highest BCUT2D eigenvalue weighted by atomic mass is 16.4. The van der Waals surface area contributed by atoms with Gasteiger partial charge in [0.1, 0.15) is 18.3 Å². The maximum Gasteiger partial charge on any atom is 0.303 e. The van der Waals surface area contributed by atoms with Crippen molar-refractivity contribution in [3.8, 4) is 0 Å². The van der Waals surface area contributed by atoms with Crippen molar-refractivity contribution < 1.29 is 45.0 Å². The number of rotatable bonds is 10. The fraction of sp³-hybridized carbons (Fsp3) is 0.727. The average Bonchev–Trinajstić information content (AvgIpc) is 2.47. The molecule has 0 amide bonds. The molecule has 1 unspecified atom stereocenters. The molecule has 0 aromatic carbocycles. The number of hydrogen-bond donors (Lipinski definition) is 7. The number of aliphatic hydroxyl groups excluding tert-OH is 5. The van der Waals surface area contributed by atoms with Gasteiger partial charge in [-0.1, -0.05) is 0 Å². The third-order valence-electron chi connectivity index (χ3n) is 2.77. The molecule has 0 fully saturated rings. The Labute approximate surface area is 119 Å². The Morgan fingerprint density at radius 3 is 1.95 bits per heavy atom. The highest BCUT2D eigenvalue weighted by Gasteiger charge is 2.37. The fourth-order valence-electron chi connectivity index (χ4n) is 1.41. The van der Waals surface area contributed by atoms with Gasteiger partial charge in [-0.2, -0.15) is 0 Å². The average molecular weight is 309 g/mol. The van der Waals surface area contributed by atoms with E-state index < -0.39 is 61.0 Å². The quantitative estimate of drug-likeness (QED) is 0.194. The summed E-state index contributed by atoms with van der Waals surface area (Å²) in [4.78, 5) is 33.4. The first-order chi connectivity index (χ1) is 9.63. The van der Waals surface area contributed by atoms with Crippen molar-refractivity contribution in [1.82, 2.24) is 0 Å². The van der Waals surface area contributed by atoms with Gasteiger partial charge in [-0.05, 0) is 6.42 Å². The summed E-state index contributed by atoms with van der Waals surface area (Å²) in [5.74, 6) is -3.95. The lowest BCUT2D eigenvalue weighted by molar-refractivity contribution is -0.153. The maximum absolute atomic E-state index is 11.6. The first-order valence-corrected chi connectivity index (χ1v) is 6.01. The van der Waals surface area contributed by atoms with E-state index in [1.54, 1.807) is 0 Å². The molecule has 0 rings (SSSR count). The number of carboxylic acid groups (broad SMARTS) is 1. The molecule has 0 saturated carbocycles. The van der Waals surface area contributed by atoms with Crippen LogP contribution in [0.15, 0.2) is 0 Å². The summed E-state index contributed by atoms with van der Waals surface area (Å²) in [5.41, 5.74) is 5.31. The molecule has 10 nitrogen and oxygen atoms in total. The zero-order chi connectivity index (χ0) is 16.7. The van der Waals surface area contributed by atoms with E-state index in [4.69, 9.17) is 21.1 Å². The maximum atomic E-state index is 11.6. The van der Waals surface area contributed by atoms with E-state index in [1.807, 2.05) is 0 Å². The van der Waals surface area contributed by atoms with Gasteiger partial charge in [0.2, 0.25) is 0 Å². The first kappa shape index (κ1) is 19.6. The van der Waals surface area contributed by atoms with E-state index in [0.717, 1.165) is 0 Å². The first-order valence-electron chi connectivity index (χ1n) is 6.01. The summed E-state index contributed by atoms with van der Waals surface area (Å²) < 4.78 is 0. The molecule has 0 heterocycles. The molecule has 122 valence electrons. The van der Waals surface area contributed by atoms with Crippen molar-refractivity contribution in [2.75, 3.05) is 6.61 Å². The standard InChI is InChI=1S/C11H19NO9/c12-4(1-2-6(15)16)7(17)9(19)11(21)10(20)8(18)5(14)3-13/h4-5,8-10,13-14,18-20H,1-3,12H2,(H,15,16)/t4-,5+,8+,9?,10-/m0/s1. The molecule has 10 heteroatoms. The van der Waals surface area contributed by atoms with Gasteiger partial charge in [-0.15, -0.1) is 0 Å². The third-order valence-corrected chi connectivity index (χ3v) is 2.77. The smallest absolute Gasteiger partial charge is 0.303 e. The van der Waals surface area contributed by atoms with Crippen LogP contribution < -0.4 is 5.73 Å². The molecule has 21 heavy (non-hydrogen) atoms. The van der Waals surface area contributed by atoms with Gasteiger partial charge in [-0.3, -0.25) is 14.4 Å². The molecule has 0 aliphatic rings. The Hall–Kier alpha value is -1.43. The van der Waals surface area contributed by atoms with Crippen LogP contribution in [0.5, 0.6) is 0 Å². The number of Topliss-reactive ketones (excluding diaryl/α,β-unsaturated/α-hetero) is 2. The minimum absolute atomic E-state index is 0.323. The number of carboxylic acids is 1. The number of carbonyl (C=O) groups is 3. The van der Waals surface area contributed by atoms with Gasteiger partial charge in [0.05, 0.1) is 12.6 Å². The lowest BCUT2D eigenvalue weighted by Gasteiger charge is -2.23. The second-order valence-electron chi connectivity index (χ2n) is 4.43. The Kier molecular flexibility index (Phi) is 8.17. The van der Waals surface area contributed by atoms with Crippen LogP contribution in [0, 0.1) is 0 Å². The second-order valence-corrected chi connectivity index (χ2v) is 4.43. The van der Waals surface area contributed by atoms with E-state index in [9.17, 15) is 29.7 Å². The summed E-state index contributed by atoms with van der Waals surface area (Å²) in [6.45, 7) is -0.951. The molecule has 0 aromatic heterocycles. The molecule has 0 radical (unpaired) electrons. The zero-order valence-electron chi connectivity index (χ0n) is 11.0. The predicted octanol–water partition coefficient (Wildman–Crippen LogP) is -4.25. The topological polar surface area (TPSA) is 199 Å². The number of aliphatic carboxylic acids is 1. The summed E-state index contributed by atoms with van der Waals surface area (Å²) >= 11 is 0. The molecule has 0 aromatic rings. The van der Waals surface area contributed by atoms with E-state index >= 15 is 0 Å². The second kappa shape index (κ2) is 8.77. The third kappa shape index (κ3) is 5.83. The van der Waals surface area contributed by atoms with Crippen LogP contribution in [0.25, 0.3) is 0 Å². The summed E-state index contributed by atoms with van der Waals surface area (Å²) in [6, 6.07) is -1.44. The molecule has 0 saturated heterocycles. The molecule has 8 N–H and O–H groups in total. The SMILES string of the molecule is N[C@@H](CCC(=O)O)C(=O)C(O)C(=O)[C@@H](O)[C@H](O)[C@H](O)CO. The molecular weight excluding hydrogens is 290 g/mol. The van der Waals surface area contributed by atoms with Crippen LogP contribution in [0.1, 0.15) is 12.8 Å². The predicted molar refractivity (Wildman–Crippen MR) is 66.0 cm³/mol. The van der Waals surface area contributed by atoms with Crippen LogP contribution >= 0.6 is 0 Å². The lowest BCUT2D eigenvalue weighted by Crippen LogP contribution is -2.52. The van der Waals surface area contributed by atoms with Crippen LogP contribution in [-0.2, 0) is 14.4 Å². The van der Waals surface area contributed by atoms with Crippen molar-refractivity contribution in [3.63, 3.8) is 0 Å². The summed E-state index contributed by atoms with van der Waals surface area (Å²) in [5, 5.41) is 54.2. The number of hydrogen-bond acceptors (Lipinski definition) is 9. The Balaban J connectivity index is 4.68. The number of nitrogens with two attached hydrogens (primary N) is 1. The van der Waals surface area contributed by atoms with Gasteiger partial charge < -0.3 is 36.4 Å². The Bertz CT molecular complexity index is 386. The van der Waals surface area contributed by atoms with Crippen molar-refractivity contribution in [2.24, 2.45) is 5.73 Å². The van der Waals surface area contributed by atoms with Gasteiger partial charge in [0, 0.05) is 6.42 Å². The van der Waals surface area contributed by atoms with Gasteiger partial charge in [-0.25, -0.2) is 0 Å². The van der Waals surface area contributed by atoms with E-state index in [1.165, 1.54) is 0 Å². The van der Waals surface area contributed by atoms with Crippen molar-refractivity contribution in [2.45, 2.75) is 43.3 Å². The lowest BCUT2D eigenvalue weighted by atomic mass is 9.95. The minimum atomic E-state index is -2.37. The highest BCUT2D eigenvalue weighted by Crippen LogP contribution is 2.07. The Morgan fingerprint density at radius 1 is 1.00 bits per heavy atom. The minimum Gasteiger partial charge on any atom is -0.481 e. The molecular formula is C11H19NO9. The number of carbonyl (C=O) groups excluding carboxylic acids is 2. The van der Waals surface area contributed by atoms with Crippen molar-refractivity contribution >= 4 is 17.5 Å². The number of aliphatic hydroxyl groups is 5. The fourth-order valence-corrected chi connectivity index (χ4v) is 1.41. The normalized spacial score (nSPS) is 18.4. The monoisotopic (exact) mass is 309 g/mol. The highest BCUT2D eigenvalue weighted by molar-refractivity contribution is 6.09. The van der Waals surface area contributed by atoms with E-state index in [2.05, 4.69) is 0 Å². The van der Waals surface area contributed by atoms with Crippen LogP contribution in [0.2, 0.25) is 0 Å². The van der Waals surface area contributed by atoms with Crippen molar-refractivity contribution in [3.05, 3.63) is 0 Å². The van der Waals surface area contributed by atoms with E-state index in [-0.39, 0.29) is 6.42 Å². The Morgan fingerprint density at radius 2 is 1.52 bits per heavy atom. The van der Waals surface area contributed by atoms with Gasteiger partial charge in [0.25, 0.3) is 0 Å². The zero-order valence-corrected chi connectivity index (χ0v) is 11.0. The van der Waals surface area contributed by atoms with Gasteiger partial charge in [0.15, 0.2) is 17.7 Å². The molecule has 0 aliphatic heterocycles. The molecule has 0 aliphatic carbocycles. The number of ketones is 2. The van der Waals surface area contributed by atoms with Crippen LogP contribution in [0.3, 0.4) is 0 Å². The summed E-state index contributed by atoms with van der Waals surface area (Å²) in [7, 11) is 0. The van der Waals surface area contributed by atoms with Gasteiger partial charge >= 0.3 is 5.97 Å². The largest absolute Gasteiger partial charge is 0.481 e. The molecule has 0 bridgehead atoms. The summed E-state index contributed by atoms with van der Waals surface area (Å²) in [6.07, 6.45) is -9.40. The molecule has 5 atom stereocenters. The molecule has 0 spiro atoms. The van der Waals surface area contributed by atoms with Crippen LogP contribution in [-0.4, -0.2) is 85.2 Å². The van der Waals surface area contributed by atoms with E-state index in [0.29, 0.717) is 0 Å².